The van der Waals surface area contributed by atoms with E-state index >= 15 is 0 Å². The Kier molecular flexibility index (Phi) is 3.96. The van der Waals surface area contributed by atoms with Crippen LogP contribution in [0.5, 0.6) is 0 Å². The van der Waals surface area contributed by atoms with Gasteiger partial charge in [-0.3, -0.25) is 14.4 Å². The highest BCUT2D eigenvalue weighted by atomic mass is 79.9. The van der Waals surface area contributed by atoms with Crippen LogP contribution < -0.4 is 0 Å². The van der Waals surface area contributed by atoms with Crippen molar-refractivity contribution in [3.63, 3.8) is 0 Å². The van der Waals surface area contributed by atoms with E-state index < -0.39 is 11.4 Å². The van der Waals surface area contributed by atoms with E-state index in [4.69, 9.17) is 5.11 Å². The van der Waals surface area contributed by atoms with E-state index in [1.54, 1.807) is 27.7 Å². The van der Waals surface area contributed by atoms with Gasteiger partial charge in [0.2, 0.25) is 0 Å². The molecular weight excluding hydrogens is 300 g/mol. The average molecular weight is 315 g/mol. The van der Waals surface area contributed by atoms with Crippen molar-refractivity contribution in [1.82, 2.24) is 0 Å². The van der Waals surface area contributed by atoms with Gasteiger partial charge in [0.1, 0.15) is 0 Å². The lowest BCUT2D eigenvalue weighted by molar-refractivity contribution is -0.138. The van der Waals surface area contributed by atoms with E-state index in [1.807, 2.05) is 0 Å². The first-order valence-electron chi connectivity index (χ1n) is 5.48. The average Bonchev–Trinajstić information content (AvgIpc) is 2.21. The maximum Gasteiger partial charge on any atom is 0.304 e. The molecule has 0 atom stereocenters. The number of hydrogen-bond acceptors (Lipinski definition) is 3. The first kappa shape index (κ1) is 14.8. The number of Topliss-reactive ketones (excluding diaryl/α,β-unsaturated/α-hetero) is 2. The number of carboxylic acids is 1. The largest absolute Gasteiger partial charge is 0.481 e. The highest BCUT2D eigenvalue weighted by Gasteiger charge is 2.38. The molecule has 0 aromatic heterocycles. The Morgan fingerprint density at radius 2 is 1.67 bits per heavy atom. The summed E-state index contributed by atoms with van der Waals surface area (Å²) in [5.41, 5.74) is 0.120. The molecule has 1 rings (SSSR count). The highest BCUT2D eigenvalue weighted by molar-refractivity contribution is 9.12. The minimum Gasteiger partial charge on any atom is -0.481 e. The predicted molar refractivity (Wildman–Crippen MR) is 70.4 cm³/mol. The quantitative estimate of drug-likeness (QED) is 0.813. The molecule has 1 N–H and O–H groups in total. The van der Waals surface area contributed by atoms with Crippen LogP contribution in [0.2, 0.25) is 0 Å². The molecule has 0 aromatic rings. The van der Waals surface area contributed by atoms with E-state index in [0.29, 0.717) is 11.1 Å². The summed E-state index contributed by atoms with van der Waals surface area (Å²) in [6.45, 7) is 6.47. The molecule has 0 radical (unpaired) electrons. The summed E-state index contributed by atoms with van der Waals surface area (Å²) >= 11 is 3.11. The summed E-state index contributed by atoms with van der Waals surface area (Å²) in [5, 5.41) is 8.89. The lowest BCUT2D eigenvalue weighted by Crippen LogP contribution is -2.31. The van der Waals surface area contributed by atoms with Crippen LogP contribution in [0.4, 0.5) is 0 Å². The number of aliphatic carboxylic acids is 1. The molecule has 1 aliphatic carbocycles. The first-order valence-corrected chi connectivity index (χ1v) is 6.28. The fourth-order valence-electron chi connectivity index (χ4n) is 2.23. The molecule has 0 bridgehead atoms. The van der Waals surface area contributed by atoms with Gasteiger partial charge < -0.3 is 5.11 Å². The van der Waals surface area contributed by atoms with Gasteiger partial charge >= 0.3 is 5.97 Å². The molecule has 1 aliphatic rings. The second kappa shape index (κ2) is 4.80. The Bertz CT molecular complexity index is 509. The molecule has 0 unspecified atom stereocenters. The fourth-order valence-corrected chi connectivity index (χ4v) is 2.60. The second-order valence-corrected chi connectivity index (χ2v) is 5.84. The third-order valence-corrected chi connectivity index (χ3v) is 4.04. The molecule has 0 aliphatic heterocycles. The van der Waals surface area contributed by atoms with Crippen molar-refractivity contribution in [2.24, 2.45) is 5.41 Å². The second-order valence-electron chi connectivity index (χ2n) is 5.05. The molecule has 5 heteroatoms. The third-order valence-electron chi connectivity index (χ3n) is 3.08. The van der Waals surface area contributed by atoms with Crippen molar-refractivity contribution < 1.29 is 19.5 Å². The maximum absolute atomic E-state index is 12.2. The van der Waals surface area contributed by atoms with E-state index in [-0.39, 0.29) is 28.0 Å². The highest BCUT2D eigenvalue weighted by Crippen LogP contribution is 2.40. The minimum atomic E-state index is -0.997. The minimum absolute atomic E-state index is 0.196. The number of carboxylic acid groups (broad SMARTS) is 1. The topological polar surface area (TPSA) is 71.4 Å². The van der Waals surface area contributed by atoms with Gasteiger partial charge in [-0.25, -0.2) is 0 Å². The Morgan fingerprint density at radius 1 is 1.17 bits per heavy atom. The Morgan fingerprint density at radius 3 is 2.11 bits per heavy atom. The molecule has 0 fully saturated rings. The molecule has 18 heavy (non-hydrogen) atoms. The first-order chi connectivity index (χ1) is 8.09. The Balaban J connectivity index is 3.36. The number of carbonyl (C=O) groups excluding carboxylic acids is 2. The van der Waals surface area contributed by atoms with E-state index in [1.165, 1.54) is 0 Å². The summed E-state index contributed by atoms with van der Waals surface area (Å²) in [6.07, 6.45) is -0.196. The van der Waals surface area contributed by atoms with Crippen molar-refractivity contribution in [3.8, 4) is 0 Å². The Labute approximate surface area is 114 Å². The monoisotopic (exact) mass is 314 g/mol. The van der Waals surface area contributed by atoms with Crippen molar-refractivity contribution in [2.75, 3.05) is 0 Å². The number of carbonyl (C=O) groups is 3. The molecule has 0 aromatic carbocycles. The number of ketones is 2. The smallest absolute Gasteiger partial charge is 0.304 e. The standard InChI is InChI=1S/C13H15BrO4/c1-6-9(13(3,4)5-8(15)16)12(18)10(14)7(2)11(6)17/h5H2,1-4H3,(H,15,16). The zero-order valence-electron chi connectivity index (χ0n) is 10.8. The molecule has 98 valence electrons. The summed E-state index contributed by atoms with van der Waals surface area (Å²) in [5.74, 6) is -1.51. The van der Waals surface area contributed by atoms with E-state index in [0.717, 1.165) is 0 Å². The van der Waals surface area contributed by atoms with Gasteiger partial charge in [0.25, 0.3) is 0 Å². The van der Waals surface area contributed by atoms with Crippen molar-refractivity contribution in [2.45, 2.75) is 34.1 Å². The number of halogens is 1. The summed E-state index contributed by atoms with van der Waals surface area (Å²) in [4.78, 5) is 35.0. The number of allylic oxidation sites excluding steroid dienone is 4. The predicted octanol–water partition coefficient (Wildman–Crippen LogP) is 2.62. The maximum atomic E-state index is 12.2. The number of hydrogen-bond donors (Lipinski definition) is 1. The van der Waals surface area contributed by atoms with Crippen LogP contribution in [-0.4, -0.2) is 22.6 Å². The molecular formula is C13H15BrO4. The van der Waals surface area contributed by atoms with Gasteiger partial charge in [0.15, 0.2) is 11.6 Å². The summed E-state index contributed by atoms with van der Waals surface area (Å²) in [6, 6.07) is 0. The van der Waals surface area contributed by atoms with Gasteiger partial charge in [-0.1, -0.05) is 13.8 Å². The van der Waals surface area contributed by atoms with Crippen molar-refractivity contribution in [1.29, 1.82) is 0 Å². The molecule has 0 amide bonds. The van der Waals surface area contributed by atoms with E-state index in [9.17, 15) is 14.4 Å². The lowest BCUT2D eigenvalue weighted by atomic mass is 9.73. The van der Waals surface area contributed by atoms with Gasteiger partial charge in [-0.15, -0.1) is 0 Å². The number of rotatable bonds is 3. The zero-order chi connectivity index (χ0) is 14.2. The molecule has 4 nitrogen and oxygen atoms in total. The van der Waals surface area contributed by atoms with Gasteiger partial charge in [-0.2, -0.15) is 0 Å². The zero-order valence-corrected chi connectivity index (χ0v) is 12.3. The third kappa shape index (κ3) is 2.46. The van der Waals surface area contributed by atoms with Crippen LogP contribution >= 0.6 is 15.9 Å². The van der Waals surface area contributed by atoms with Crippen LogP contribution in [0.3, 0.4) is 0 Å². The SMILES string of the molecule is CC1=C(Br)C(=O)C(C(C)(C)CC(=O)O)=C(C)C1=O. The van der Waals surface area contributed by atoms with Gasteiger partial charge in [-0.05, 0) is 29.8 Å². The van der Waals surface area contributed by atoms with Crippen LogP contribution in [0, 0.1) is 5.41 Å². The normalized spacial score (nSPS) is 17.6. The van der Waals surface area contributed by atoms with Crippen molar-refractivity contribution >= 4 is 33.5 Å². The molecule has 0 saturated heterocycles. The van der Waals surface area contributed by atoms with Crippen LogP contribution in [0.1, 0.15) is 34.1 Å². The van der Waals surface area contributed by atoms with Crippen molar-refractivity contribution in [3.05, 3.63) is 21.2 Å². The van der Waals surface area contributed by atoms with Crippen LogP contribution in [0.15, 0.2) is 21.2 Å². The summed E-state index contributed by atoms with van der Waals surface area (Å²) < 4.78 is 0.228. The van der Waals surface area contributed by atoms with E-state index in [2.05, 4.69) is 15.9 Å². The molecule has 0 saturated carbocycles. The lowest BCUT2D eigenvalue weighted by Gasteiger charge is -2.30. The van der Waals surface area contributed by atoms with Crippen LogP contribution in [0.25, 0.3) is 0 Å². The Hall–Kier alpha value is -1.23. The molecule has 0 spiro atoms. The van der Waals surface area contributed by atoms with Gasteiger partial charge in [0, 0.05) is 22.1 Å². The van der Waals surface area contributed by atoms with Gasteiger partial charge in [0.05, 0.1) is 10.9 Å². The van der Waals surface area contributed by atoms with Crippen LogP contribution in [-0.2, 0) is 14.4 Å². The summed E-state index contributed by atoms with van der Waals surface area (Å²) in [7, 11) is 0. The molecule has 0 heterocycles. The fraction of sp³-hybridized carbons (Fsp3) is 0.462.